The first kappa shape index (κ1) is 11.5. The predicted molar refractivity (Wildman–Crippen MR) is 61.9 cm³/mol. The molecule has 0 fully saturated rings. The van der Waals surface area contributed by atoms with Crippen LogP contribution in [0.1, 0.15) is 25.8 Å². The summed E-state index contributed by atoms with van der Waals surface area (Å²) in [5, 5.41) is 0. The van der Waals surface area contributed by atoms with Gasteiger partial charge in [-0.2, -0.15) is 0 Å². The average Bonchev–Trinajstić information content (AvgIpc) is 2.20. The average molecular weight is 204 g/mol. The number of carbonyl (C=O) groups excluding carboxylic acids is 1. The lowest BCUT2D eigenvalue weighted by molar-refractivity contribution is -0.117. The molecule has 0 saturated carbocycles. The van der Waals surface area contributed by atoms with Crippen molar-refractivity contribution in [3.8, 4) is 5.75 Å². The highest BCUT2D eigenvalue weighted by Gasteiger charge is 2.00. The van der Waals surface area contributed by atoms with Gasteiger partial charge in [0.15, 0.2) is 0 Å². The molecule has 1 rings (SSSR count). The van der Waals surface area contributed by atoms with Gasteiger partial charge in [0.1, 0.15) is 11.5 Å². The summed E-state index contributed by atoms with van der Waals surface area (Å²) in [6.07, 6.45) is 4.42. The zero-order chi connectivity index (χ0) is 11.1. The van der Waals surface area contributed by atoms with Gasteiger partial charge in [0, 0.05) is 12.0 Å². The van der Waals surface area contributed by atoms with Crippen molar-refractivity contribution in [1.82, 2.24) is 0 Å². The van der Waals surface area contributed by atoms with E-state index in [1.54, 1.807) is 6.92 Å². The van der Waals surface area contributed by atoms with E-state index in [4.69, 9.17) is 4.74 Å². The zero-order valence-corrected chi connectivity index (χ0v) is 9.19. The number of ether oxygens (including phenoxy) is 1. The molecule has 0 aliphatic rings. The highest BCUT2D eigenvalue weighted by Crippen LogP contribution is 2.19. The van der Waals surface area contributed by atoms with Gasteiger partial charge in [-0.15, -0.1) is 0 Å². The number of hydrogen-bond donors (Lipinski definition) is 0. The smallest absolute Gasteiger partial charge is 0.133 e. The van der Waals surface area contributed by atoms with E-state index in [9.17, 15) is 4.79 Å². The highest BCUT2D eigenvalue weighted by atomic mass is 16.5. The summed E-state index contributed by atoms with van der Waals surface area (Å²) in [4.78, 5) is 10.8. The van der Waals surface area contributed by atoms with Crippen LogP contribution in [0.15, 0.2) is 30.3 Å². The monoisotopic (exact) mass is 204 g/mol. The molecule has 0 atom stereocenters. The van der Waals surface area contributed by atoms with Crippen molar-refractivity contribution in [2.45, 2.75) is 20.3 Å². The van der Waals surface area contributed by atoms with Crippen molar-refractivity contribution < 1.29 is 9.53 Å². The van der Waals surface area contributed by atoms with E-state index in [1.807, 2.05) is 43.3 Å². The molecule has 0 aliphatic carbocycles. The van der Waals surface area contributed by atoms with Crippen LogP contribution in [-0.4, -0.2) is 12.4 Å². The van der Waals surface area contributed by atoms with Gasteiger partial charge in [-0.25, -0.2) is 0 Å². The minimum absolute atomic E-state index is 0.151. The number of rotatable bonds is 5. The summed E-state index contributed by atoms with van der Waals surface area (Å²) >= 11 is 0. The van der Waals surface area contributed by atoms with Crippen LogP contribution in [0.4, 0.5) is 0 Å². The fraction of sp³-hybridized carbons (Fsp3) is 0.308. The summed E-state index contributed by atoms with van der Waals surface area (Å²) < 4.78 is 5.53. The first-order chi connectivity index (χ1) is 7.24. The quantitative estimate of drug-likeness (QED) is 0.736. The molecule has 0 unspecified atom stereocenters. The third-order valence-electron chi connectivity index (χ3n) is 1.98. The van der Waals surface area contributed by atoms with Gasteiger partial charge in [-0.05, 0) is 19.9 Å². The minimum Gasteiger partial charge on any atom is -0.493 e. The summed E-state index contributed by atoms with van der Waals surface area (Å²) in [5.41, 5.74) is 1.04. The molecule has 15 heavy (non-hydrogen) atoms. The van der Waals surface area contributed by atoms with E-state index < -0.39 is 0 Å². The van der Waals surface area contributed by atoms with Gasteiger partial charge in [0.25, 0.3) is 0 Å². The third-order valence-corrected chi connectivity index (χ3v) is 1.98. The molecule has 1 aromatic carbocycles. The van der Waals surface area contributed by atoms with E-state index in [0.29, 0.717) is 13.0 Å². The molecule has 0 heterocycles. The van der Waals surface area contributed by atoms with E-state index >= 15 is 0 Å². The van der Waals surface area contributed by atoms with Gasteiger partial charge in [-0.1, -0.05) is 30.4 Å². The van der Waals surface area contributed by atoms with Crippen LogP contribution in [-0.2, 0) is 4.79 Å². The Bertz CT molecular complexity index is 353. The lowest BCUT2D eigenvalue weighted by Gasteiger charge is -2.07. The molecule has 80 valence electrons. The van der Waals surface area contributed by atoms with Crippen molar-refractivity contribution in [3.05, 3.63) is 35.9 Å². The number of Topliss-reactive ketones (excluding diaryl/α,β-unsaturated/α-hetero) is 1. The van der Waals surface area contributed by atoms with Crippen molar-refractivity contribution in [2.24, 2.45) is 0 Å². The van der Waals surface area contributed by atoms with Crippen LogP contribution < -0.4 is 4.74 Å². The number of hydrogen-bond acceptors (Lipinski definition) is 2. The van der Waals surface area contributed by atoms with E-state index in [2.05, 4.69) is 0 Å². The van der Waals surface area contributed by atoms with E-state index in [0.717, 1.165) is 11.3 Å². The zero-order valence-electron chi connectivity index (χ0n) is 9.19. The Labute approximate surface area is 90.6 Å². The van der Waals surface area contributed by atoms with Crippen molar-refractivity contribution in [1.29, 1.82) is 0 Å². The van der Waals surface area contributed by atoms with Crippen LogP contribution in [0.5, 0.6) is 5.75 Å². The first-order valence-electron chi connectivity index (χ1n) is 5.08. The van der Waals surface area contributed by atoms with Gasteiger partial charge >= 0.3 is 0 Å². The van der Waals surface area contributed by atoms with Crippen LogP contribution in [0.2, 0.25) is 0 Å². The van der Waals surface area contributed by atoms with Crippen molar-refractivity contribution in [3.63, 3.8) is 0 Å². The van der Waals surface area contributed by atoms with Crippen LogP contribution >= 0.6 is 0 Å². The Morgan fingerprint density at radius 2 is 2.13 bits per heavy atom. The molecule has 0 aromatic heterocycles. The standard InChI is InChI=1S/C13H16O2/c1-3-6-12-7-4-5-8-13(12)15-10-9-11(2)14/h3-8H,9-10H2,1-2H3. The SMILES string of the molecule is CC=Cc1ccccc1OCCC(C)=O. The Morgan fingerprint density at radius 3 is 2.80 bits per heavy atom. The lowest BCUT2D eigenvalue weighted by atomic mass is 10.2. The molecule has 0 bridgehead atoms. The molecular weight excluding hydrogens is 188 g/mol. The highest BCUT2D eigenvalue weighted by molar-refractivity contribution is 5.75. The fourth-order valence-corrected chi connectivity index (χ4v) is 1.23. The summed E-state index contributed by atoms with van der Waals surface area (Å²) in [6.45, 7) is 3.98. The van der Waals surface area contributed by atoms with Crippen molar-refractivity contribution >= 4 is 11.9 Å². The molecular formula is C13H16O2. The minimum atomic E-state index is 0.151. The van der Waals surface area contributed by atoms with Crippen molar-refractivity contribution in [2.75, 3.05) is 6.61 Å². The Hall–Kier alpha value is -1.57. The van der Waals surface area contributed by atoms with Crippen LogP contribution in [0, 0.1) is 0 Å². The van der Waals surface area contributed by atoms with Gasteiger partial charge in [-0.3, -0.25) is 4.79 Å². The maximum atomic E-state index is 10.8. The summed E-state index contributed by atoms with van der Waals surface area (Å²) in [6, 6.07) is 7.79. The third kappa shape index (κ3) is 3.98. The van der Waals surface area contributed by atoms with Gasteiger partial charge in [0.05, 0.1) is 6.61 Å². The maximum absolute atomic E-state index is 10.8. The van der Waals surface area contributed by atoms with E-state index in [1.165, 1.54) is 0 Å². The van der Waals surface area contributed by atoms with Gasteiger partial charge < -0.3 is 4.74 Å². The lowest BCUT2D eigenvalue weighted by Crippen LogP contribution is -2.03. The molecule has 0 aliphatic heterocycles. The second kappa shape index (κ2) is 6.02. The maximum Gasteiger partial charge on any atom is 0.133 e. The molecule has 0 N–H and O–H groups in total. The normalized spacial score (nSPS) is 10.5. The van der Waals surface area contributed by atoms with Gasteiger partial charge in [0.2, 0.25) is 0 Å². The number of ketones is 1. The molecule has 0 amide bonds. The number of para-hydroxylation sites is 1. The Balaban J connectivity index is 2.63. The number of allylic oxidation sites excluding steroid dienone is 1. The van der Waals surface area contributed by atoms with Crippen LogP contribution in [0.3, 0.4) is 0 Å². The first-order valence-corrected chi connectivity index (χ1v) is 5.08. The van der Waals surface area contributed by atoms with Crippen LogP contribution in [0.25, 0.3) is 6.08 Å². The Kier molecular flexibility index (Phi) is 4.61. The second-order valence-corrected chi connectivity index (χ2v) is 3.34. The molecule has 2 nitrogen and oxygen atoms in total. The molecule has 0 radical (unpaired) electrons. The topological polar surface area (TPSA) is 26.3 Å². The molecule has 0 spiro atoms. The summed E-state index contributed by atoms with van der Waals surface area (Å²) in [7, 11) is 0. The Morgan fingerprint density at radius 1 is 1.40 bits per heavy atom. The van der Waals surface area contributed by atoms with E-state index in [-0.39, 0.29) is 5.78 Å². The predicted octanol–water partition coefficient (Wildman–Crippen LogP) is 3.08. The molecule has 2 heteroatoms. The summed E-state index contributed by atoms with van der Waals surface area (Å²) in [5.74, 6) is 0.982. The number of benzene rings is 1. The number of carbonyl (C=O) groups is 1. The molecule has 1 aromatic rings. The fourth-order valence-electron chi connectivity index (χ4n) is 1.23. The second-order valence-electron chi connectivity index (χ2n) is 3.34. The largest absolute Gasteiger partial charge is 0.493 e. The molecule has 0 saturated heterocycles.